The number of para-hydroxylation sites is 2. The van der Waals surface area contributed by atoms with E-state index in [1.165, 1.54) is 0 Å². The van der Waals surface area contributed by atoms with E-state index in [0.717, 1.165) is 23.6 Å². The number of carbonyl (C=O) groups excluding carboxylic acids is 1. The van der Waals surface area contributed by atoms with Crippen molar-refractivity contribution in [3.8, 4) is 0 Å². The van der Waals surface area contributed by atoms with Crippen LogP contribution in [-0.2, 0) is 0 Å². The lowest BCUT2D eigenvalue weighted by Gasteiger charge is -2.18. The van der Waals surface area contributed by atoms with Crippen LogP contribution in [0.5, 0.6) is 0 Å². The number of rotatable bonds is 5. The molecule has 2 N–H and O–H groups in total. The van der Waals surface area contributed by atoms with Gasteiger partial charge in [-0.25, -0.2) is 0 Å². The monoisotopic (exact) mass is 284 g/mol. The Kier molecular flexibility index (Phi) is 4.77. The molecule has 0 aliphatic heterocycles. The fourth-order valence-corrected chi connectivity index (χ4v) is 2.08. The van der Waals surface area contributed by atoms with Gasteiger partial charge in [-0.2, -0.15) is 0 Å². The SMILES string of the molecule is CCNc1ccncc1C(=O)Nc1ccccc1N(C)C. The third-order valence-electron chi connectivity index (χ3n) is 3.07. The summed E-state index contributed by atoms with van der Waals surface area (Å²) in [6, 6.07) is 9.49. The minimum absolute atomic E-state index is 0.173. The summed E-state index contributed by atoms with van der Waals surface area (Å²) in [6.45, 7) is 2.74. The molecule has 2 aromatic rings. The molecule has 1 amide bonds. The largest absolute Gasteiger partial charge is 0.385 e. The standard InChI is InChI=1S/C16H20N4O/c1-4-18-13-9-10-17-11-12(13)16(21)19-14-7-5-6-8-15(14)20(2)3/h5-11H,4H2,1-3H3,(H,17,18)(H,19,21). The van der Waals surface area contributed by atoms with Gasteiger partial charge < -0.3 is 15.5 Å². The van der Waals surface area contributed by atoms with Crippen LogP contribution < -0.4 is 15.5 Å². The number of hydrogen-bond acceptors (Lipinski definition) is 4. The van der Waals surface area contributed by atoms with Gasteiger partial charge in [-0.05, 0) is 25.1 Å². The summed E-state index contributed by atoms with van der Waals surface area (Å²) in [5.74, 6) is -0.173. The van der Waals surface area contributed by atoms with Gasteiger partial charge in [0.1, 0.15) is 0 Å². The molecule has 0 saturated carbocycles. The number of aromatic nitrogens is 1. The molecule has 5 nitrogen and oxygen atoms in total. The van der Waals surface area contributed by atoms with Gasteiger partial charge in [-0.1, -0.05) is 12.1 Å². The average molecular weight is 284 g/mol. The maximum atomic E-state index is 12.5. The van der Waals surface area contributed by atoms with Crippen molar-refractivity contribution in [2.75, 3.05) is 36.2 Å². The van der Waals surface area contributed by atoms with Gasteiger partial charge in [0.15, 0.2) is 0 Å². The Bertz CT molecular complexity index is 625. The predicted octanol–water partition coefficient (Wildman–Crippen LogP) is 2.83. The van der Waals surface area contributed by atoms with Crippen molar-refractivity contribution in [2.24, 2.45) is 0 Å². The second-order valence-corrected chi connectivity index (χ2v) is 4.82. The Balaban J connectivity index is 2.27. The summed E-state index contributed by atoms with van der Waals surface area (Å²) in [4.78, 5) is 18.5. The first-order valence-corrected chi connectivity index (χ1v) is 6.89. The summed E-state index contributed by atoms with van der Waals surface area (Å²) in [5.41, 5.74) is 3.05. The van der Waals surface area contributed by atoms with Crippen LogP contribution in [0.1, 0.15) is 17.3 Å². The zero-order valence-corrected chi connectivity index (χ0v) is 12.6. The molecule has 0 radical (unpaired) electrons. The molecule has 0 fully saturated rings. The molecule has 0 bridgehead atoms. The number of benzene rings is 1. The van der Waals surface area contributed by atoms with Crippen molar-refractivity contribution in [1.29, 1.82) is 0 Å². The summed E-state index contributed by atoms with van der Waals surface area (Å²) >= 11 is 0. The molecule has 0 aliphatic rings. The molecule has 21 heavy (non-hydrogen) atoms. The maximum absolute atomic E-state index is 12.5. The molecule has 1 aromatic carbocycles. The number of nitrogens with one attached hydrogen (secondary N) is 2. The third kappa shape index (κ3) is 3.51. The van der Waals surface area contributed by atoms with Gasteiger partial charge >= 0.3 is 0 Å². The average Bonchev–Trinajstić information content (AvgIpc) is 2.48. The highest BCUT2D eigenvalue weighted by atomic mass is 16.1. The van der Waals surface area contributed by atoms with Crippen LogP contribution in [0, 0.1) is 0 Å². The van der Waals surface area contributed by atoms with Gasteiger partial charge in [0.05, 0.1) is 22.6 Å². The zero-order valence-electron chi connectivity index (χ0n) is 12.6. The van der Waals surface area contributed by atoms with Crippen LogP contribution in [0.3, 0.4) is 0 Å². The van der Waals surface area contributed by atoms with E-state index < -0.39 is 0 Å². The number of anilines is 3. The highest BCUT2D eigenvalue weighted by molar-refractivity contribution is 6.09. The lowest BCUT2D eigenvalue weighted by atomic mass is 10.2. The van der Waals surface area contributed by atoms with Crippen molar-refractivity contribution < 1.29 is 4.79 Å². The van der Waals surface area contributed by atoms with Crippen molar-refractivity contribution in [3.63, 3.8) is 0 Å². The third-order valence-corrected chi connectivity index (χ3v) is 3.07. The fraction of sp³-hybridized carbons (Fsp3) is 0.250. The molecule has 1 aromatic heterocycles. The Hall–Kier alpha value is -2.56. The first-order chi connectivity index (χ1) is 10.1. The predicted molar refractivity (Wildman–Crippen MR) is 87.1 cm³/mol. The van der Waals surface area contributed by atoms with Gasteiger partial charge in [0, 0.05) is 33.0 Å². The van der Waals surface area contributed by atoms with Crippen molar-refractivity contribution in [2.45, 2.75) is 6.92 Å². The summed E-state index contributed by atoms with van der Waals surface area (Å²) in [7, 11) is 3.89. The second kappa shape index (κ2) is 6.74. The molecule has 110 valence electrons. The van der Waals surface area contributed by atoms with Crippen molar-refractivity contribution in [1.82, 2.24) is 4.98 Å². The van der Waals surface area contributed by atoms with Gasteiger partial charge in [0.25, 0.3) is 5.91 Å². The smallest absolute Gasteiger partial charge is 0.259 e. The lowest BCUT2D eigenvalue weighted by Crippen LogP contribution is -2.18. The molecule has 5 heteroatoms. The van der Waals surface area contributed by atoms with E-state index in [0.29, 0.717) is 5.56 Å². The van der Waals surface area contributed by atoms with Crippen molar-refractivity contribution >= 4 is 23.0 Å². The molecule has 2 rings (SSSR count). The minimum Gasteiger partial charge on any atom is -0.385 e. The minimum atomic E-state index is -0.173. The highest BCUT2D eigenvalue weighted by Gasteiger charge is 2.13. The Morgan fingerprint density at radius 3 is 2.67 bits per heavy atom. The Labute approximate surface area is 125 Å². The quantitative estimate of drug-likeness (QED) is 0.886. The van der Waals surface area contributed by atoms with Gasteiger partial charge in [0.2, 0.25) is 0 Å². The molecule has 0 spiro atoms. The number of hydrogen-bond donors (Lipinski definition) is 2. The fourth-order valence-electron chi connectivity index (χ4n) is 2.08. The number of nitrogens with zero attached hydrogens (tertiary/aromatic N) is 2. The van der Waals surface area contributed by atoms with Crippen molar-refractivity contribution in [3.05, 3.63) is 48.3 Å². The summed E-state index contributed by atoms with van der Waals surface area (Å²) in [5, 5.41) is 6.12. The summed E-state index contributed by atoms with van der Waals surface area (Å²) < 4.78 is 0. The zero-order chi connectivity index (χ0) is 15.2. The van der Waals surface area contributed by atoms with E-state index in [-0.39, 0.29) is 5.91 Å². The van der Waals surface area contributed by atoms with E-state index in [1.54, 1.807) is 18.5 Å². The second-order valence-electron chi connectivity index (χ2n) is 4.82. The summed E-state index contributed by atoms with van der Waals surface area (Å²) in [6.07, 6.45) is 3.24. The van der Waals surface area contributed by atoms with E-state index >= 15 is 0 Å². The van der Waals surface area contributed by atoms with Gasteiger partial charge in [-0.3, -0.25) is 9.78 Å². The molecule has 0 aliphatic carbocycles. The van der Waals surface area contributed by atoms with E-state index in [1.807, 2.05) is 50.2 Å². The van der Waals surface area contributed by atoms with Crippen LogP contribution in [0.4, 0.5) is 17.1 Å². The number of amides is 1. The van der Waals surface area contributed by atoms with Crippen LogP contribution in [0.2, 0.25) is 0 Å². The first kappa shape index (κ1) is 14.8. The van der Waals surface area contributed by atoms with Gasteiger partial charge in [-0.15, -0.1) is 0 Å². The van der Waals surface area contributed by atoms with Crippen LogP contribution in [0.25, 0.3) is 0 Å². The van der Waals surface area contributed by atoms with Crippen LogP contribution >= 0.6 is 0 Å². The van der Waals surface area contributed by atoms with E-state index in [9.17, 15) is 4.79 Å². The Morgan fingerprint density at radius 1 is 1.19 bits per heavy atom. The maximum Gasteiger partial charge on any atom is 0.259 e. The molecule has 0 atom stereocenters. The van der Waals surface area contributed by atoms with E-state index in [4.69, 9.17) is 0 Å². The Morgan fingerprint density at radius 2 is 1.95 bits per heavy atom. The molecular weight excluding hydrogens is 264 g/mol. The molecule has 1 heterocycles. The van der Waals surface area contributed by atoms with Crippen LogP contribution in [0.15, 0.2) is 42.7 Å². The topological polar surface area (TPSA) is 57.3 Å². The van der Waals surface area contributed by atoms with E-state index in [2.05, 4.69) is 15.6 Å². The first-order valence-electron chi connectivity index (χ1n) is 6.89. The number of carbonyl (C=O) groups is 1. The number of pyridine rings is 1. The highest BCUT2D eigenvalue weighted by Crippen LogP contribution is 2.25. The molecule has 0 saturated heterocycles. The lowest BCUT2D eigenvalue weighted by molar-refractivity contribution is 0.102. The molecular formula is C16H20N4O. The normalized spacial score (nSPS) is 10.0. The van der Waals surface area contributed by atoms with Crippen LogP contribution in [-0.4, -0.2) is 31.5 Å². The molecule has 0 unspecified atom stereocenters.